The molecule has 0 aliphatic heterocycles. The van der Waals surface area contributed by atoms with E-state index in [-0.39, 0.29) is 0 Å². The molecule has 2 heterocycles. The number of ether oxygens (including phenoxy) is 2. The number of rotatable bonds is 8. The summed E-state index contributed by atoms with van der Waals surface area (Å²) in [5.41, 5.74) is 7.09. The topological polar surface area (TPSA) is 51.9 Å². The van der Waals surface area contributed by atoms with E-state index >= 15 is 0 Å². The zero-order valence-electron chi connectivity index (χ0n) is 20.0. The molecule has 0 spiro atoms. The zero-order valence-corrected chi connectivity index (χ0v) is 20.8. The van der Waals surface area contributed by atoms with Crippen LogP contribution in [0.4, 0.5) is 5.82 Å². The molecule has 0 radical (unpaired) electrons. The summed E-state index contributed by atoms with van der Waals surface area (Å²) in [6.07, 6.45) is 4.19. The highest BCUT2D eigenvalue weighted by Crippen LogP contribution is 2.39. The molecule has 0 saturated heterocycles. The van der Waals surface area contributed by atoms with Crippen molar-refractivity contribution in [2.24, 2.45) is 0 Å². The van der Waals surface area contributed by atoms with Crippen LogP contribution in [0.2, 0.25) is 5.02 Å². The van der Waals surface area contributed by atoms with Gasteiger partial charge >= 0.3 is 0 Å². The highest BCUT2D eigenvalue weighted by Gasteiger charge is 2.33. The molecule has 34 heavy (non-hydrogen) atoms. The Morgan fingerprint density at radius 3 is 2.47 bits per heavy atom. The van der Waals surface area contributed by atoms with Crippen LogP contribution in [-0.2, 0) is 17.9 Å². The lowest BCUT2D eigenvalue weighted by Gasteiger charge is -2.28. The van der Waals surface area contributed by atoms with Gasteiger partial charge in [0.25, 0.3) is 0 Å². The van der Waals surface area contributed by atoms with Crippen molar-refractivity contribution in [1.82, 2.24) is 14.6 Å². The second kappa shape index (κ2) is 9.28. The van der Waals surface area contributed by atoms with E-state index in [9.17, 15) is 0 Å². The van der Waals surface area contributed by atoms with Crippen LogP contribution in [0, 0.1) is 13.8 Å². The van der Waals surface area contributed by atoms with E-state index in [2.05, 4.69) is 36.1 Å². The summed E-state index contributed by atoms with van der Waals surface area (Å²) >= 11 is 6.63. The lowest BCUT2D eigenvalue weighted by molar-refractivity contribution is 0.184. The Morgan fingerprint density at radius 1 is 1.06 bits per heavy atom. The van der Waals surface area contributed by atoms with Gasteiger partial charge in [-0.3, -0.25) is 0 Å². The standard InChI is InChI=1S/C27H29ClN4O2/c1-17-5-7-19(8-6-17)15-31(20-9-10-20)27-24(16-33-3)18(2)30-26-23(14-29-32(26)27)22-12-11-21(34-4)13-25(22)28/h5-8,11-14,20H,9-10,15-16H2,1-4H3. The predicted molar refractivity (Wildman–Crippen MR) is 136 cm³/mol. The maximum Gasteiger partial charge on any atom is 0.165 e. The normalized spacial score (nSPS) is 13.4. The van der Waals surface area contributed by atoms with Gasteiger partial charge in [-0.25, -0.2) is 4.98 Å². The monoisotopic (exact) mass is 476 g/mol. The van der Waals surface area contributed by atoms with Crippen molar-refractivity contribution in [3.8, 4) is 16.9 Å². The van der Waals surface area contributed by atoms with Gasteiger partial charge in [0, 0.05) is 42.1 Å². The van der Waals surface area contributed by atoms with Gasteiger partial charge in [0.15, 0.2) is 5.65 Å². The minimum Gasteiger partial charge on any atom is -0.497 e. The third kappa shape index (κ3) is 4.24. The number of aromatic nitrogens is 3. The van der Waals surface area contributed by atoms with E-state index in [1.165, 1.54) is 24.0 Å². The highest BCUT2D eigenvalue weighted by atomic mass is 35.5. The van der Waals surface area contributed by atoms with Gasteiger partial charge in [0.1, 0.15) is 11.6 Å². The number of benzene rings is 2. The van der Waals surface area contributed by atoms with E-state index in [1.807, 2.05) is 35.8 Å². The lowest BCUT2D eigenvalue weighted by Crippen LogP contribution is -2.29. The summed E-state index contributed by atoms with van der Waals surface area (Å²) in [6, 6.07) is 14.9. The van der Waals surface area contributed by atoms with Gasteiger partial charge in [-0.05, 0) is 50.5 Å². The minimum absolute atomic E-state index is 0.471. The molecular weight excluding hydrogens is 448 g/mol. The minimum atomic E-state index is 0.471. The molecule has 0 bridgehead atoms. The van der Waals surface area contributed by atoms with Crippen molar-refractivity contribution in [1.29, 1.82) is 0 Å². The van der Waals surface area contributed by atoms with E-state index in [1.54, 1.807) is 14.2 Å². The number of aryl methyl sites for hydroxylation is 2. The number of hydrogen-bond acceptors (Lipinski definition) is 5. The van der Waals surface area contributed by atoms with Crippen molar-refractivity contribution in [3.05, 3.63) is 76.1 Å². The highest BCUT2D eigenvalue weighted by molar-refractivity contribution is 6.33. The molecule has 0 N–H and O–H groups in total. The van der Waals surface area contributed by atoms with Crippen LogP contribution in [0.1, 0.15) is 35.2 Å². The first-order chi connectivity index (χ1) is 16.5. The fourth-order valence-electron chi connectivity index (χ4n) is 4.41. The number of hydrogen-bond donors (Lipinski definition) is 0. The number of halogens is 1. The Bertz CT molecular complexity index is 1330. The fraction of sp³-hybridized carbons (Fsp3) is 0.333. The van der Waals surface area contributed by atoms with E-state index in [0.29, 0.717) is 17.7 Å². The van der Waals surface area contributed by atoms with Crippen LogP contribution in [-0.4, -0.2) is 34.9 Å². The first-order valence-corrected chi connectivity index (χ1v) is 11.9. The van der Waals surface area contributed by atoms with Gasteiger partial charge < -0.3 is 14.4 Å². The largest absolute Gasteiger partial charge is 0.497 e. The quantitative estimate of drug-likeness (QED) is 0.312. The van der Waals surface area contributed by atoms with Crippen molar-refractivity contribution in [2.45, 2.75) is 45.9 Å². The average Bonchev–Trinajstić information content (AvgIpc) is 3.60. The molecule has 1 aliphatic rings. The second-order valence-electron chi connectivity index (χ2n) is 8.92. The van der Waals surface area contributed by atoms with Crippen LogP contribution in [0.25, 0.3) is 16.8 Å². The zero-order chi connectivity index (χ0) is 23.8. The van der Waals surface area contributed by atoms with Crippen LogP contribution in [0.5, 0.6) is 5.75 Å². The summed E-state index contributed by atoms with van der Waals surface area (Å²) in [5, 5.41) is 5.42. The van der Waals surface area contributed by atoms with Crippen LogP contribution in [0.3, 0.4) is 0 Å². The van der Waals surface area contributed by atoms with E-state index in [0.717, 1.165) is 46.1 Å². The molecule has 0 unspecified atom stereocenters. The second-order valence-corrected chi connectivity index (χ2v) is 9.32. The molecule has 0 atom stereocenters. The van der Waals surface area contributed by atoms with Crippen molar-refractivity contribution < 1.29 is 9.47 Å². The number of anilines is 1. The predicted octanol–water partition coefficient (Wildman–Crippen LogP) is 5.99. The van der Waals surface area contributed by atoms with Gasteiger partial charge in [-0.2, -0.15) is 9.61 Å². The first-order valence-electron chi connectivity index (χ1n) is 11.5. The molecular formula is C27H29ClN4O2. The average molecular weight is 477 g/mol. The lowest BCUT2D eigenvalue weighted by atomic mass is 10.1. The maximum absolute atomic E-state index is 6.63. The summed E-state index contributed by atoms with van der Waals surface area (Å²) in [6.45, 7) is 5.43. The third-order valence-corrected chi connectivity index (χ3v) is 6.73. The van der Waals surface area contributed by atoms with Crippen molar-refractivity contribution in [3.63, 3.8) is 0 Å². The van der Waals surface area contributed by atoms with Crippen molar-refractivity contribution >= 4 is 23.1 Å². The van der Waals surface area contributed by atoms with Crippen LogP contribution in [0.15, 0.2) is 48.7 Å². The molecule has 1 saturated carbocycles. The van der Waals surface area contributed by atoms with Crippen LogP contribution >= 0.6 is 11.6 Å². The van der Waals surface area contributed by atoms with Gasteiger partial charge in [0.2, 0.25) is 0 Å². The number of methoxy groups -OCH3 is 2. The Labute approximate surface area is 205 Å². The molecule has 4 aromatic rings. The van der Waals surface area contributed by atoms with Crippen molar-refractivity contribution in [2.75, 3.05) is 19.1 Å². The van der Waals surface area contributed by atoms with Gasteiger partial charge in [-0.15, -0.1) is 0 Å². The molecule has 7 heteroatoms. The molecule has 6 nitrogen and oxygen atoms in total. The molecule has 176 valence electrons. The summed E-state index contributed by atoms with van der Waals surface area (Å²) in [5.74, 6) is 1.76. The van der Waals surface area contributed by atoms with Crippen LogP contribution < -0.4 is 9.64 Å². The summed E-state index contributed by atoms with van der Waals surface area (Å²) in [7, 11) is 3.36. The first kappa shape index (κ1) is 22.7. The molecule has 2 aromatic heterocycles. The van der Waals surface area contributed by atoms with E-state index < -0.39 is 0 Å². The Balaban J connectivity index is 1.68. The number of nitrogens with zero attached hydrogens (tertiary/aromatic N) is 4. The Hall–Kier alpha value is -3.09. The van der Waals surface area contributed by atoms with E-state index in [4.69, 9.17) is 31.2 Å². The summed E-state index contributed by atoms with van der Waals surface area (Å²) < 4.78 is 12.9. The smallest absolute Gasteiger partial charge is 0.165 e. The fourth-order valence-corrected chi connectivity index (χ4v) is 4.69. The third-order valence-electron chi connectivity index (χ3n) is 6.41. The Kier molecular flexibility index (Phi) is 6.19. The SMILES string of the molecule is COCc1c(C)nc2c(-c3ccc(OC)cc3Cl)cnn2c1N(Cc1ccc(C)cc1)C1CC1. The van der Waals surface area contributed by atoms with Gasteiger partial charge in [-0.1, -0.05) is 41.4 Å². The molecule has 2 aromatic carbocycles. The van der Waals surface area contributed by atoms with Gasteiger partial charge in [0.05, 0.1) is 24.9 Å². The summed E-state index contributed by atoms with van der Waals surface area (Å²) in [4.78, 5) is 7.42. The molecule has 5 rings (SSSR count). The molecule has 1 aliphatic carbocycles. The molecule has 1 fully saturated rings. The Morgan fingerprint density at radius 2 is 1.82 bits per heavy atom. The maximum atomic E-state index is 6.63. The molecule has 0 amide bonds. The number of fused-ring (bicyclic) bond motifs is 1.